The first-order chi connectivity index (χ1) is 32.5. The zero-order valence-electron chi connectivity index (χ0n) is 39.3. The highest BCUT2D eigenvalue weighted by Crippen LogP contribution is 2.52. The number of aryl methyl sites for hydroxylation is 2. The van der Waals surface area contributed by atoms with Crippen LogP contribution < -0.4 is 20.2 Å². The van der Waals surface area contributed by atoms with Gasteiger partial charge in [0.1, 0.15) is 22.1 Å². The summed E-state index contributed by atoms with van der Waals surface area (Å²) in [6.07, 6.45) is 11.9. The monoisotopic (exact) mass is 908 g/mol. The molecule has 9 aromatic rings. The van der Waals surface area contributed by atoms with Crippen LogP contribution in [-0.4, -0.2) is 9.13 Å². The van der Waals surface area contributed by atoms with Gasteiger partial charge < -0.3 is 18.6 Å². The molecule has 66 heavy (non-hydrogen) atoms. The van der Waals surface area contributed by atoms with Crippen molar-refractivity contribution in [1.29, 1.82) is 0 Å². The Labute approximate surface area is 396 Å². The predicted molar refractivity (Wildman–Crippen MR) is 279 cm³/mol. The van der Waals surface area contributed by atoms with Crippen LogP contribution in [-0.2, 0) is 25.9 Å². The summed E-state index contributed by atoms with van der Waals surface area (Å²) in [5.41, 5.74) is 11.0. The number of hydrogen-bond donors (Lipinski definition) is 0. The molecular weight excluding hydrogens is 849 g/mol. The topological polar surface area (TPSA) is 53.0 Å². The van der Waals surface area contributed by atoms with Crippen LogP contribution >= 0.6 is 22.7 Å². The second kappa shape index (κ2) is 17.8. The highest BCUT2D eigenvalue weighted by molar-refractivity contribution is 7.14. The van der Waals surface area contributed by atoms with Gasteiger partial charge >= 0.3 is 0 Å². The molecule has 6 nitrogen and oxygen atoms in total. The number of unbranched alkanes of at least 4 members (excludes halogenated alkanes) is 2. The van der Waals surface area contributed by atoms with Crippen LogP contribution in [0.3, 0.4) is 0 Å². The van der Waals surface area contributed by atoms with E-state index in [9.17, 15) is 0 Å². The Kier molecular flexibility index (Phi) is 11.6. The molecule has 8 heteroatoms. The van der Waals surface area contributed by atoms with Crippen molar-refractivity contribution in [2.75, 3.05) is 0 Å². The molecule has 2 aliphatic rings. The third-order valence-corrected chi connectivity index (χ3v) is 16.5. The summed E-state index contributed by atoms with van der Waals surface area (Å²) in [5.74, 6) is 4.42. The van der Waals surface area contributed by atoms with Gasteiger partial charge in [-0.15, -0.1) is 22.7 Å². The molecule has 0 bridgehead atoms. The first kappa shape index (κ1) is 42.9. The number of aromatic nitrogens is 2. The average molecular weight is 909 g/mol. The molecule has 0 saturated carbocycles. The minimum absolute atomic E-state index is 0.648. The molecule has 5 aromatic carbocycles. The lowest BCUT2D eigenvalue weighted by atomic mass is 9.92. The number of rotatable bonds is 16. The molecule has 11 rings (SSSR count). The van der Waals surface area contributed by atoms with Crippen LogP contribution in [0.1, 0.15) is 104 Å². The molecule has 2 atom stereocenters. The van der Waals surface area contributed by atoms with E-state index in [2.05, 4.69) is 146 Å². The van der Waals surface area contributed by atoms with E-state index in [0.29, 0.717) is 11.8 Å². The molecule has 0 saturated heterocycles. The maximum absolute atomic E-state index is 7.59. The number of fused-ring (bicyclic) bond motifs is 12. The zero-order chi connectivity index (χ0) is 45.1. The standard InChI is InChI=1S/C58H60N4O2S2/c1-7-13-19-35(9-3)29-37-31-47(65-33-37)51-53-58(64-56-41(59-53)25-27-46-50(56)40-22-16-18-24-44(40)62(46)12-6)52(48-32-38(34-66-48)30-36(10-4)20-14-8-2)54-57(51)63-55-42(60-54)26-28-45-49(55)39-21-15-17-23-43(39)61(45)11-5/h15-18,21-28,31-36H,7-14,19-20,29-30H2,1-6H3. The summed E-state index contributed by atoms with van der Waals surface area (Å²) in [4.78, 5) is 13.7. The fourth-order valence-corrected chi connectivity index (χ4v) is 13.0. The van der Waals surface area contributed by atoms with E-state index in [0.717, 1.165) is 114 Å². The zero-order valence-corrected chi connectivity index (χ0v) is 40.9. The smallest absolute Gasteiger partial charge is 0.164 e. The van der Waals surface area contributed by atoms with Crippen molar-refractivity contribution in [2.24, 2.45) is 21.8 Å². The number of nitrogens with zero attached hydrogens (tertiary/aromatic N) is 4. The molecule has 0 spiro atoms. The Bertz CT molecular complexity index is 3210. The number of benzene rings is 5. The molecular formula is C58H60N4O2S2. The van der Waals surface area contributed by atoms with Gasteiger partial charge in [-0.3, -0.25) is 0 Å². The molecule has 0 radical (unpaired) electrons. The van der Waals surface area contributed by atoms with Gasteiger partial charge in [-0.05, 0) is 109 Å². The van der Waals surface area contributed by atoms with Gasteiger partial charge in [0.05, 0.1) is 32.9 Å². The van der Waals surface area contributed by atoms with Gasteiger partial charge in [-0.25, -0.2) is 9.98 Å². The number of thiophene rings is 2. The van der Waals surface area contributed by atoms with Gasteiger partial charge in [-0.2, -0.15) is 0 Å². The van der Waals surface area contributed by atoms with Crippen LogP contribution in [0.2, 0.25) is 0 Å². The number of para-hydroxylation sites is 2. The molecule has 6 heterocycles. The molecule has 336 valence electrons. The fraction of sp³-hybridized carbons (Fsp3) is 0.345. The van der Waals surface area contributed by atoms with Gasteiger partial charge in [0.2, 0.25) is 0 Å². The van der Waals surface area contributed by atoms with Crippen LogP contribution in [0.15, 0.2) is 106 Å². The van der Waals surface area contributed by atoms with E-state index < -0.39 is 0 Å². The van der Waals surface area contributed by atoms with E-state index in [-0.39, 0.29) is 0 Å². The van der Waals surface area contributed by atoms with E-state index in [4.69, 9.17) is 19.5 Å². The van der Waals surface area contributed by atoms with Crippen LogP contribution in [0.5, 0.6) is 23.0 Å². The average Bonchev–Trinajstić information content (AvgIpc) is 4.15. The summed E-state index contributed by atoms with van der Waals surface area (Å²) in [7, 11) is 0. The minimum atomic E-state index is 0.648. The molecule has 4 aromatic heterocycles. The largest absolute Gasteiger partial charge is 0.451 e. The summed E-state index contributed by atoms with van der Waals surface area (Å²) < 4.78 is 20.0. The van der Waals surface area contributed by atoms with Gasteiger partial charge in [0.15, 0.2) is 23.0 Å². The first-order valence-electron chi connectivity index (χ1n) is 24.7. The van der Waals surface area contributed by atoms with Gasteiger partial charge in [0, 0.05) is 44.6 Å². The maximum atomic E-state index is 7.59. The Balaban J connectivity index is 1.21. The van der Waals surface area contributed by atoms with Crippen molar-refractivity contribution >= 4 is 77.7 Å². The van der Waals surface area contributed by atoms with E-state index >= 15 is 0 Å². The van der Waals surface area contributed by atoms with Crippen LogP contribution in [0, 0.1) is 11.8 Å². The van der Waals surface area contributed by atoms with Crippen molar-refractivity contribution in [2.45, 2.75) is 119 Å². The maximum Gasteiger partial charge on any atom is 0.164 e. The Hall–Kier alpha value is -5.70. The van der Waals surface area contributed by atoms with Gasteiger partial charge in [-0.1, -0.05) is 115 Å². The second-order valence-electron chi connectivity index (χ2n) is 18.6. The molecule has 0 amide bonds. The van der Waals surface area contributed by atoms with Crippen LogP contribution in [0.25, 0.3) is 64.5 Å². The van der Waals surface area contributed by atoms with E-state index in [1.165, 1.54) is 84.3 Å². The lowest BCUT2D eigenvalue weighted by Crippen LogP contribution is -2.24. The molecule has 0 fully saturated rings. The lowest BCUT2D eigenvalue weighted by Gasteiger charge is -2.25. The lowest BCUT2D eigenvalue weighted by molar-refractivity contribution is 0.449. The number of hydrogen-bond acceptors (Lipinski definition) is 6. The summed E-state index contributed by atoms with van der Waals surface area (Å²) in [6, 6.07) is 31.0. The first-order valence-corrected chi connectivity index (χ1v) is 26.5. The number of ether oxygens (including phenoxy) is 2. The second-order valence-corrected chi connectivity index (χ2v) is 20.4. The molecule has 0 aliphatic carbocycles. The van der Waals surface area contributed by atoms with Gasteiger partial charge in [0.25, 0.3) is 0 Å². The van der Waals surface area contributed by atoms with Crippen molar-refractivity contribution in [3.05, 3.63) is 118 Å². The fourth-order valence-electron chi connectivity index (χ4n) is 11.0. The summed E-state index contributed by atoms with van der Waals surface area (Å²) in [6.45, 7) is 15.4. The van der Waals surface area contributed by atoms with Crippen molar-refractivity contribution in [3.8, 4) is 43.9 Å². The summed E-state index contributed by atoms with van der Waals surface area (Å²) in [5, 5.41) is 10.9. The Morgan fingerprint density at radius 2 is 0.955 bits per heavy atom. The highest BCUT2D eigenvalue weighted by atomic mass is 32.1. The van der Waals surface area contributed by atoms with Crippen molar-refractivity contribution < 1.29 is 9.47 Å². The predicted octanol–water partition coefficient (Wildman–Crippen LogP) is 17.0. The highest BCUT2D eigenvalue weighted by Gasteiger charge is 2.34. The quantitative estimate of drug-likeness (QED) is 0.0970. The third kappa shape index (κ3) is 7.09. The molecule has 0 N–H and O–H groups in total. The van der Waals surface area contributed by atoms with Crippen LogP contribution in [0.4, 0.5) is 11.4 Å². The summed E-state index contributed by atoms with van der Waals surface area (Å²) >= 11 is 3.58. The SMILES string of the molecule is CCCCC(CC)Cc1csc(-c2c3c(c(-c4cc(CC(CC)CCCC)cs4)c4c2=Nc2ccc5c(c2O4)c2ccccc2n5CC)=Nc2ccc4c(c2O3)c2ccccc2n4CC)c1. The molecule has 2 unspecified atom stereocenters. The Morgan fingerprint density at radius 1 is 0.515 bits per heavy atom. The third-order valence-electron chi connectivity index (χ3n) is 14.5. The van der Waals surface area contributed by atoms with Crippen molar-refractivity contribution in [3.63, 3.8) is 0 Å². The minimum Gasteiger partial charge on any atom is -0.451 e. The van der Waals surface area contributed by atoms with Crippen molar-refractivity contribution in [1.82, 2.24) is 9.13 Å². The van der Waals surface area contributed by atoms with E-state index in [1.54, 1.807) is 22.7 Å². The Morgan fingerprint density at radius 3 is 1.36 bits per heavy atom. The normalized spacial score (nSPS) is 13.8. The molecule has 2 aliphatic heterocycles. The van der Waals surface area contributed by atoms with E-state index in [1.807, 2.05) is 0 Å².